The molecule has 15 heavy (non-hydrogen) atoms. The molecule has 0 aromatic rings. The molecule has 0 rings (SSSR count). The van der Waals surface area contributed by atoms with Crippen LogP contribution in [0.4, 0.5) is 0 Å². The standard InChI is InChI=1S/C10H19NO3S/c1-7(12)11-8(9(13)14)5-15-6-10(2,3)4/h8H,5-6H2,1-4H3,(H,11,12)(H,13,14). The Bertz CT molecular complexity index is 235. The lowest BCUT2D eigenvalue weighted by molar-refractivity contribution is -0.140. The van der Waals surface area contributed by atoms with E-state index in [2.05, 4.69) is 26.1 Å². The molecule has 0 aliphatic heterocycles. The molecule has 0 aromatic carbocycles. The maximum Gasteiger partial charge on any atom is 0.327 e. The summed E-state index contributed by atoms with van der Waals surface area (Å²) in [6.07, 6.45) is 0. The minimum atomic E-state index is -0.980. The summed E-state index contributed by atoms with van der Waals surface area (Å²) in [5.41, 5.74) is 0.171. The molecule has 0 heterocycles. The number of hydrogen-bond acceptors (Lipinski definition) is 3. The normalized spacial score (nSPS) is 13.3. The van der Waals surface area contributed by atoms with Crippen LogP contribution in [0.1, 0.15) is 27.7 Å². The van der Waals surface area contributed by atoms with Crippen molar-refractivity contribution in [3.8, 4) is 0 Å². The number of carboxylic acids is 1. The van der Waals surface area contributed by atoms with Crippen molar-refractivity contribution in [2.45, 2.75) is 33.7 Å². The van der Waals surface area contributed by atoms with Crippen LogP contribution in [0.25, 0.3) is 0 Å². The summed E-state index contributed by atoms with van der Waals surface area (Å²) in [4.78, 5) is 21.5. The first-order valence-corrected chi connectivity index (χ1v) is 5.95. The number of nitrogens with one attached hydrogen (secondary N) is 1. The Morgan fingerprint density at radius 2 is 1.93 bits per heavy atom. The molecule has 0 bridgehead atoms. The Labute approximate surface area is 94.8 Å². The first kappa shape index (κ1) is 14.3. The molecule has 88 valence electrons. The zero-order valence-electron chi connectivity index (χ0n) is 9.66. The maximum atomic E-state index is 10.8. The second kappa shape index (κ2) is 6.00. The van der Waals surface area contributed by atoms with E-state index in [1.807, 2.05) is 0 Å². The van der Waals surface area contributed by atoms with Gasteiger partial charge in [0.05, 0.1) is 0 Å². The molecule has 0 aromatic heterocycles. The van der Waals surface area contributed by atoms with Gasteiger partial charge in [0.2, 0.25) is 5.91 Å². The van der Waals surface area contributed by atoms with Gasteiger partial charge < -0.3 is 10.4 Å². The zero-order valence-corrected chi connectivity index (χ0v) is 10.5. The highest BCUT2D eigenvalue weighted by Crippen LogP contribution is 2.20. The van der Waals surface area contributed by atoms with Gasteiger partial charge in [-0.25, -0.2) is 4.79 Å². The summed E-state index contributed by atoms with van der Waals surface area (Å²) in [5, 5.41) is 11.2. The van der Waals surface area contributed by atoms with Crippen LogP contribution in [0.5, 0.6) is 0 Å². The van der Waals surface area contributed by atoms with E-state index in [0.717, 1.165) is 5.75 Å². The van der Waals surface area contributed by atoms with E-state index in [-0.39, 0.29) is 11.3 Å². The van der Waals surface area contributed by atoms with Crippen molar-refractivity contribution in [2.75, 3.05) is 11.5 Å². The largest absolute Gasteiger partial charge is 0.480 e. The highest BCUT2D eigenvalue weighted by atomic mass is 32.2. The van der Waals surface area contributed by atoms with Gasteiger partial charge in [0.25, 0.3) is 0 Å². The van der Waals surface area contributed by atoms with Crippen LogP contribution in [-0.2, 0) is 9.59 Å². The summed E-state index contributed by atoms with van der Waals surface area (Å²) >= 11 is 1.54. The van der Waals surface area contributed by atoms with E-state index in [1.165, 1.54) is 6.92 Å². The smallest absolute Gasteiger partial charge is 0.327 e. The molecule has 0 aliphatic rings. The number of carbonyl (C=O) groups excluding carboxylic acids is 1. The van der Waals surface area contributed by atoms with Crippen molar-refractivity contribution < 1.29 is 14.7 Å². The van der Waals surface area contributed by atoms with Crippen molar-refractivity contribution in [1.82, 2.24) is 5.32 Å². The van der Waals surface area contributed by atoms with E-state index >= 15 is 0 Å². The van der Waals surface area contributed by atoms with Crippen molar-refractivity contribution >= 4 is 23.6 Å². The lowest BCUT2D eigenvalue weighted by Crippen LogP contribution is -2.41. The average molecular weight is 233 g/mol. The maximum absolute atomic E-state index is 10.8. The predicted molar refractivity (Wildman–Crippen MR) is 62.0 cm³/mol. The number of thioether (sulfide) groups is 1. The van der Waals surface area contributed by atoms with Crippen LogP contribution in [0.15, 0.2) is 0 Å². The highest BCUT2D eigenvalue weighted by molar-refractivity contribution is 7.99. The molecule has 4 nitrogen and oxygen atoms in total. The molecule has 1 atom stereocenters. The van der Waals surface area contributed by atoms with E-state index in [0.29, 0.717) is 5.75 Å². The van der Waals surface area contributed by atoms with Crippen molar-refractivity contribution in [3.63, 3.8) is 0 Å². The summed E-state index contributed by atoms with van der Waals surface area (Å²) in [7, 11) is 0. The second-order valence-corrected chi connectivity index (χ2v) is 5.70. The fourth-order valence-electron chi connectivity index (χ4n) is 0.903. The quantitative estimate of drug-likeness (QED) is 0.752. The fourth-order valence-corrected chi connectivity index (χ4v) is 2.09. The third kappa shape index (κ3) is 8.30. The highest BCUT2D eigenvalue weighted by Gasteiger charge is 2.19. The molecule has 2 N–H and O–H groups in total. The van der Waals surface area contributed by atoms with Crippen molar-refractivity contribution in [2.24, 2.45) is 5.41 Å². The molecule has 0 fully saturated rings. The topological polar surface area (TPSA) is 66.4 Å². The first-order valence-electron chi connectivity index (χ1n) is 4.80. The Morgan fingerprint density at radius 3 is 2.27 bits per heavy atom. The second-order valence-electron chi connectivity index (χ2n) is 4.67. The molecule has 0 aliphatic carbocycles. The van der Waals surface area contributed by atoms with E-state index in [1.54, 1.807) is 11.8 Å². The van der Waals surface area contributed by atoms with Crippen LogP contribution >= 0.6 is 11.8 Å². The predicted octanol–water partition coefficient (Wildman–Crippen LogP) is 1.35. The summed E-state index contributed by atoms with van der Waals surface area (Å²) in [6, 6.07) is -0.783. The third-order valence-corrected chi connectivity index (χ3v) is 3.13. The minimum absolute atomic E-state index is 0.171. The van der Waals surface area contributed by atoms with Gasteiger partial charge in [-0.1, -0.05) is 20.8 Å². The summed E-state index contributed by atoms with van der Waals surface area (Å²) in [5.74, 6) is -0.00639. The number of amides is 1. The summed E-state index contributed by atoms with van der Waals surface area (Å²) in [6.45, 7) is 7.60. The van der Waals surface area contributed by atoms with Gasteiger partial charge in [0.15, 0.2) is 0 Å². The Morgan fingerprint density at radius 1 is 1.40 bits per heavy atom. The van der Waals surface area contributed by atoms with E-state index < -0.39 is 12.0 Å². The van der Waals surface area contributed by atoms with Gasteiger partial charge in [-0.2, -0.15) is 11.8 Å². The Balaban J connectivity index is 3.98. The number of hydrogen-bond donors (Lipinski definition) is 2. The van der Waals surface area contributed by atoms with Gasteiger partial charge in [-0.05, 0) is 11.2 Å². The van der Waals surface area contributed by atoms with Gasteiger partial charge in [0.1, 0.15) is 6.04 Å². The molecule has 0 saturated heterocycles. The van der Waals surface area contributed by atoms with Crippen LogP contribution < -0.4 is 5.32 Å². The van der Waals surface area contributed by atoms with Crippen molar-refractivity contribution in [1.29, 1.82) is 0 Å². The molecule has 0 radical (unpaired) electrons. The molecule has 5 heteroatoms. The number of carbonyl (C=O) groups is 2. The third-order valence-electron chi connectivity index (χ3n) is 1.50. The van der Waals surface area contributed by atoms with Crippen LogP contribution in [0.2, 0.25) is 0 Å². The summed E-state index contributed by atoms with van der Waals surface area (Å²) < 4.78 is 0. The lowest BCUT2D eigenvalue weighted by atomic mass is 10.0. The molecule has 0 saturated carbocycles. The van der Waals surface area contributed by atoms with Gasteiger partial charge in [-0.15, -0.1) is 0 Å². The lowest BCUT2D eigenvalue weighted by Gasteiger charge is -2.19. The SMILES string of the molecule is CC(=O)NC(CSCC(C)(C)C)C(=O)O. The van der Waals surface area contributed by atoms with Gasteiger partial charge >= 0.3 is 5.97 Å². The Kier molecular flexibility index (Phi) is 5.72. The number of carboxylic acid groups (broad SMARTS) is 1. The molecule has 1 amide bonds. The number of aliphatic carboxylic acids is 1. The Hall–Kier alpha value is -0.710. The van der Waals surface area contributed by atoms with Crippen molar-refractivity contribution in [3.05, 3.63) is 0 Å². The van der Waals surface area contributed by atoms with E-state index in [4.69, 9.17) is 5.11 Å². The average Bonchev–Trinajstić information content (AvgIpc) is 1.99. The first-order chi connectivity index (χ1) is 6.72. The molecule has 0 spiro atoms. The molecule has 1 unspecified atom stereocenters. The number of rotatable bonds is 5. The monoisotopic (exact) mass is 233 g/mol. The zero-order chi connectivity index (χ0) is 12.1. The van der Waals surface area contributed by atoms with Crippen LogP contribution in [0.3, 0.4) is 0 Å². The van der Waals surface area contributed by atoms with Gasteiger partial charge in [-0.3, -0.25) is 4.79 Å². The molecular weight excluding hydrogens is 214 g/mol. The van der Waals surface area contributed by atoms with Crippen LogP contribution in [0, 0.1) is 5.41 Å². The fraction of sp³-hybridized carbons (Fsp3) is 0.800. The minimum Gasteiger partial charge on any atom is -0.480 e. The van der Waals surface area contributed by atoms with Gasteiger partial charge in [0, 0.05) is 12.7 Å². The van der Waals surface area contributed by atoms with Crippen LogP contribution in [-0.4, -0.2) is 34.5 Å². The van der Waals surface area contributed by atoms with E-state index in [9.17, 15) is 9.59 Å². The molecular formula is C10H19NO3S.